The topological polar surface area (TPSA) is 61.1 Å². The Hall–Kier alpha value is -2.38. The van der Waals surface area contributed by atoms with E-state index in [1.165, 1.54) is 0 Å². The van der Waals surface area contributed by atoms with Gasteiger partial charge in [0.05, 0.1) is 0 Å². The highest BCUT2D eigenvalue weighted by Gasteiger charge is 2.02. The number of halogens is 1. The fourth-order valence-corrected chi connectivity index (χ4v) is 1.96. The number of pyridine rings is 1. The molecule has 0 radical (unpaired) electrons. The van der Waals surface area contributed by atoms with Crippen LogP contribution in [0.1, 0.15) is 11.1 Å². The number of hydrogen-bond acceptors (Lipinski definition) is 3. The second-order valence-electron chi connectivity index (χ2n) is 4.09. The summed E-state index contributed by atoms with van der Waals surface area (Å²) in [4.78, 5) is 8.43. The van der Waals surface area contributed by atoms with Crippen LogP contribution in [0.5, 0.6) is 0 Å². The highest BCUT2D eigenvalue weighted by atomic mass is 35.5. The zero-order valence-corrected chi connectivity index (χ0v) is 11.5. The minimum absolute atomic E-state index is 0.530. The molecule has 1 heterocycles. The van der Waals surface area contributed by atoms with Crippen LogP contribution in [-0.2, 0) is 6.42 Å². The van der Waals surface area contributed by atoms with Gasteiger partial charge >= 0.3 is 0 Å². The Morgan fingerprint density at radius 1 is 1.35 bits per heavy atom. The Bertz CT molecular complexity index is 632. The zero-order valence-electron chi connectivity index (χ0n) is 10.8. The van der Waals surface area contributed by atoms with Gasteiger partial charge in [0, 0.05) is 29.5 Å². The lowest BCUT2D eigenvalue weighted by molar-refractivity contribution is 0.958. The Balaban J connectivity index is 2.05. The summed E-state index contributed by atoms with van der Waals surface area (Å²) in [6, 6.07) is 11.3. The lowest BCUT2D eigenvalue weighted by Crippen LogP contribution is -2.20. The average Bonchev–Trinajstić information content (AvgIpc) is 2.47. The number of aromatic nitrogens is 1. The van der Waals surface area contributed by atoms with Crippen LogP contribution in [0, 0.1) is 11.5 Å². The molecule has 0 saturated carbocycles. The van der Waals surface area contributed by atoms with Crippen molar-refractivity contribution < 1.29 is 0 Å². The first-order valence-electron chi connectivity index (χ1n) is 6.14. The van der Waals surface area contributed by atoms with E-state index in [0.717, 1.165) is 17.5 Å². The fourth-order valence-electron chi connectivity index (χ4n) is 1.75. The fraction of sp³-hybridized carbons (Fsp3) is 0.133. The number of hydrogen-bond donors (Lipinski definition) is 1. The smallest absolute Gasteiger partial charge is 0.182 e. The third kappa shape index (κ3) is 4.08. The first-order valence-corrected chi connectivity index (χ1v) is 6.52. The first kappa shape index (κ1) is 14.0. The van der Waals surface area contributed by atoms with Gasteiger partial charge in [0.25, 0.3) is 0 Å². The predicted octanol–water partition coefficient (Wildman–Crippen LogP) is 2.79. The molecular weight excluding hydrogens is 272 g/mol. The summed E-state index contributed by atoms with van der Waals surface area (Å²) in [7, 11) is 0. The SMILES string of the molecule is N#CNC(=NCCc1cccc(Cl)c1)c1cccnc1. The van der Waals surface area contributed by atoms with Gasteiger partial charge in [-0.1, -0.05) is 23.7 Å². The standard InChI is InChI=1S/C15H13ClN4/c16-14-5-1-3-12(9-14)6-8-19-15(20-11-17)13-4-2-7-18-10-13/h1-5,7,9-10H,6,8H2,(H,19,20). The van der Waals surface area contributed by atoms with Crippen LogP contribution < -0.4 is 5.32 Å². The maximum Gasteiger partial charge on any atom is 0.182 e. The van der Waals surface area contributed by atoms with Crippen molar-refractivity contribution in [2.45, 2.75) is 6.42 Å². The van der Waals surface area contributed by atoms with Crippen LogP contribution in [0.3, 0.4) is 0 Å². The molecule has 4 nitrogen and oxygen atoms in total. The zero-order chi connectivity index (χ0) is 14.2. The summed E-state index contributed by atoms with van der Waals surface area (Å²) < 4.78 is 0. The molecule has 0 atom stereocenters. The van der Waals surface area contributed by atoms with Crippen molar-refractivity contribution in [1.29, 1.82) is 5.26 Å². The maximum atomic E-state index is 8.77. The van der Waals surface area contributed by atoms with E-state index in [1.807, 2.05) is 36.5 Å². The highest BCUT2D eigenvalue weighted by Crippen LogP contribution is 2.11. The molecule has 0 amide bonds. The minimum Gasteiger partial charge on any atom is -0.277 e. The van der Waals surface area contributed by atoms with Crippen LogP contribution in [0.15, 0.2) is 53.8 Å². The molecule has 0 fully saturated rings. The molecule has 1 aromatic heterocycles. The van der Waals surface area contributed by atoms with Gasteiger partial charge in [-0.3, -0.25) is 15.3 Å². The van der Waals surface area contributed by atoms with Gasteiger partial charge in [0.2, 0.25) is 0 Å². The van der Waals surface area contributed by atoms with Crippen molar-refractivity contribution in [3.05, 3.63) is 64.9 Å². The Kier molecular flexibility index (Phi) is 5.10. The van der Waals surface area contributed by atoms with Crippen molar-refractivity contribution in [1.82, 2.24) is 10.3 Å². The van der Waals surface area contributed by atoms with Crippen LogP contribution in [0.4, 0.5) is 0 Å². The number of amidine groups is 1. The van der Waals surface area contributed by atoms with Crippen LogP contribution in [0.25, 0.3) is 0 Å². The number of nitrogens with zero attached hydrogens (tertiary/aromatic N) is 3. The minimum atomic E-state index is 0.530. The third-order valence-corrected chi connectivity index (χ3v) is 2.90. The molecular formula is C15H13ClN4. The molecule has 0 spiro atoms. The van der Waals surface area contributed by atoms with Crippen LogP contribution >= 0.6 is 11.6 Å². The molecule has 1 aromatic carbocycles. The molecule has 2 aromatic rings. The van der Waals surface area contributed by atoms with Crippen molar-refractivity contribution in [2.24, 2.45) is 4.99 Å². The van der Waals surface area contributed by atoms with Gasteiger partial charge in [-0.15, -0.1) is 0 Å². The number of rotatable bonds is 4. The van der Waals surface area contributed by atoms with E-state index in [9.17, 15) is 0 Å². The van der Waals surface area contributed by atoms with Crippen LogP contribution in [0.2, 0.25) is 5.02 Å². The summed E-state index contributed by atoms with van der Waals surface area (Å²) >= 11 is 5.93. The van der Waals surface area contributed by atoms with E-state index in [-0.39, 0.29) is 0 Å². The second-order valence-corrected chi connectivity index (χ2v) is 4.53. The lowest BCUT2D eigenvalue weighted by Gasteiger charge is -2.04. The van der Waals surface area contributed by atoms with Crippen LogP contribution in [-0.4, -0.2) is 17.4 Å². The molecule has 2 rings (SSSR count). The average molecular weight is 285 g/mol. The number of nitrogens with one attached hydrogen (secondary N) is 1. The molecule has 0 aliphatic carbocycles. The molecule has 0 aliphatic heterocycles. The lowest BCUT2D eigenvalue weighted by atomic mass is 10.1. The molecule has 0 unspecified atom stereocenters. The van der Waals surface area contributed by atoms with E-state index in [2.05, 4.69) is 15.3 Å². The van der Waals surface area contributed by atoms with Gasteiger partial charge in [-0.05, 0) is 36.2 Å². The van der Waals surface area contributed by atoms with Crippen molar-refractivity contribution in [3.63, 3.8) is 0 Å². The van der Waals surface area contributed by atoms with E-state index in [0.29, 0.717) is 17.4 Å². The van der Waals surface area contributed by atoms with E-state index < -0.39 is 0 Å². The second kappa shape index (κ2) is 7.27. The molecule has 100 valence electrons. The molecule has 5 heteroatoms. The summed E-state index contributed by atoms with van der Waals surface area (Å²) in [5, 5.41) is 12.1. The normalized spacial score (nSPS) is 10.9. The third-order valence-electron chi connectivity index (χ3n) is 2.67. The van der Waals surface area contributed by atoms with Gasteiger partial charge in [0.1, 0.15) is 5.84 Å². The summed E-state index contributed by atoms with van der Waals surface area (Å²) in [6.07, 6.45) is 6.00. The Morgan fingerprint density at radius 3 is 2.95 bits per heavy atom. The van der Waals surface area contributed by atoms with Gasteiger partial charge in [0.15, 0.2) is 6.19 Å². The molecule has 0 saturated heterocycles. The molecule has 0 aliphatic rings. The maximum absolute atomic E-state index is 8.77. The predicted molar refractivity (Wildman–Crippen MR) is 79.5 cm³/mol. The summed E-state index contributed by atoms with van der Waals surface area (Å²) in [5.74, 6) is 0.530. The van der Waals surface area contributed by atoms with Crippen molar-refractivity contribution in [2.75, 3.05) is 6.54 Å². The number of nitriles is 1. The van der Waals surface area contributed by atoms with E-state index in [4.69, 9.17) is 16.9 Å². The van der Waals surface area contributed by atoms with Gasteiger partial charge in [-0.2, -0.15) is 5.26 Å². The van der Waals surface area contributed by atoms with Gasteiger partial charge < -0.3 is 0 Å². The van der Waals surface area contributed by atoms with Gasteiger partial charge in [-0.25, -0.2) is 0 Å². The largest absolute Gasteiger partial charge is 0.277 e. The Labute approximate surface area is 122 Å². The highest BCUT2D eigenvalue weighted by molar-refractivity contribution is 6.30. The molecule has 0 bridgehead atoms. The molecule has 20 heavy (non-hydrogen) atoms. The van der Waals surface area contributed by atoms with Crippen molar-refractivity contribution in [3.8, 4) is 6.19 Å². The summed E-state index contributed by atoms with van der Waals surface area (Å²) in [6.45, 7) is 0.569. The Morgan fingerprint density at radius 2 is 2.25 bits per heavy atom. The van der Waals surface area contributed by atoms with E-state index >= 15 is 0 Å². The first-order chi connectivity index (χ1) is 9.79. The number of benzene rings is 1. The monoisotopic (exact) mass is 284 g/mol. The van der Waals surface area contributed by atoms with E-state index in [1.54, 1.807) is 18.5 Å². The van der Waals surface area contributed by atoms with Crippen molar-refractivity contribution >= 4 is 17.4 Å². The number of aliphatic imine (C=N–C) groups is 1. The quantitative estimate of drug-likeness (QED) is 0.406. The summed E-state index contributed by atoms with van der Waals surface area (Å²) in [5.41, 5.74) is 1.91. The molecule has 1 N–H and O–H groups in total.